The van der Waals surface area contributed by atoms with Crippen LogP contribution >= 0.6 is 58.0 Å². The Labute approximate surface area is 210 Å². The van der Waals surface area contributed by atoms with Gasteiger partial charge in [-0.05, 0) is 42.3 Å². The van der Waals surface area contributed by atoms with Crippen molar-refractivity contribution < 1.29 is 13.2 Å². The van der Waals surface area contributed by atoms with Crippen LogP contribution in [0.15, 0.2) is 65.6 Å². The molecule has 1 amide bonds. The summed E-state index contributed by atoms with van der Waals surface area (Å²) < 4.78 is 28.5. The van der Waals surface area contributed by atoms with E-state index in [9.17, 15) is 13.2 Å². The number of benzene rings is 3. The first-order valence-corrected chi connectivity index (χ1v) is 12.4. The summed E-state index contributed by atoms with van der Waals surface area (Å²) in [6.07, 6.45) is 0.0586. The van der Waals surface area contributed by atoms with Gasteiger partial charge in [-0.15, -0.1) is 0 Å². The predicted octanol–water partition coefficient (Wildman–Crippen LogP) is 6.48. The molecule has 0 saturated heterocycles. The Kier molecular flexibility index (Phi) is 8.33. The predicted molar refractivity (Wildman–Crippen MR) is 131 cm³/mol. The molecule has 0 heterocycles. The van der Waals surface area contributed by atoms with Crippen molar-refractivity contribution in [3.8, 4) is 0 Å². The maximum Gasteiger partial charge on any atom is 0.242 e. The molecule has 0 aromatic heterocycles. The summed E-state index contributed by atoms with van der Waals surface area (Å²) in [5.41, 5.74) is 0.914. The van der Waals surface area contributed by atoms with Gasteiger partial charge in [-0.1, -0.05) is 88.3 Å². The first kappa shape index (κ1) is 25.1. The number of rotatable bonds is 7. The van der Waals surface area contributed by atoms with Gasteiger partial charge in [0, 0.05) is 5.02 Å². The zero-order valence-corrected chi connectivity index (χ0v) is 20.7. The lowest BCUT2D eigenvalue weighted by molar-refractivity contribution is -0.117. The highest BCUT2D eigenvalue weighted by Gasteiger charge is 2.28. The molecule has 0 radical (unpaired) electrons. The number of anilines is 1. The van der Waals surface area contributed by atoms with Crippen molar-refractivity contribution in [3.63, 3.8) is 0 Å². The summed E-state index contributed by atoms with van der Waals surface area (Å²) in [6, 6.07) is 14.5. The van der Waals surface area contributed by atoms with Crippen molar-refractivity contribution in [3.05, 3.63) is 91.3 Å². The molecule has 0 bridgehead atoms. The number of hydrogen-bond acceptors (Lipinski definition) is 3. The van der Waals surface area contributed by atoms with E-state index < -0.39 is 22.0 Å². The molecule has 5 nitrogen and oxygen atoms in total. The van der Waals surface area contributed by atoms with Gasteiger partial charge in [-0.3, -0.25) is 4.79 Å². The highest BCUT2D eigenvalue weighted by Crippen LogP contribution is 2.32. The van der Waals surface area contributed by atoms with E-state index in [0.29, 0.717) is 0 Å². The van der Waals surface area contributed by atoms with Gasteiger partial charge in [0.05, 0.1) is 25.8 Å². The molecule has 0 unspecified atom stereocenters. The highest BCUT2D eigenvalue weighted by molar-refractivity contribution is 7.89. The van der Waals surface area contributed by atoms with Crippen LogP contribution in [0.5, 0.6) is 0 Å². The Balaban J connectivity index is 1.94. The van der Waals surface area contributed by atoms with Crippen molar-refractivity contribution >= 4 is 79.6 Å². The standard InChI is InChI=1S/C21H15Cl5N2O3S/c22-13-6-7-14(23)20(9-13)32(30,31)28-19(8-12-4-2-1-3-5-12)21(29)27-18-11-16(25)15(24)10-17(18)26/h1-7,9-11,19,28H,8H2,(H,27,29)/t19-/m0/s1. The van der Waals surface area contributed by atoms with Crippen LogP contribution < -0.4 is 10.0 Å². The maximum atomic E-state index is 13.1. The second-order valence-corrected chi connectivity index (χ2v) is 10.4. The fraction of sp³-hybridized carbons (Fsp3) is 0.0952. The first-order chi connectivity index (χ1) is 15.1. The Morgan fingerprint density at radius 2 is 1.47 bits per heavy atom. The van der Waals surface area contributed by atoms with Crippen LogP contribution in [0.25, 0.3) is 0 Å². The minimum absolute atomic E-state index is 0.0340. The molecular weight excluding hydrogens is 538 g/mol. The smallest absolute Gasteiger partial charge is 0.242 e. The second-order valence-electron chi connectivity index (χ2n) is 6.67. The van der Waals surface area contributed by atoms with Crippen molar-refractivity contribution in [2.75, 3.05) is 5.32 Å². The minimum Gasteiger partial charge on any atom is -0.323 e. The number of carbonyl (C=O) groups excluding carboxylic acids is 1. The minimum atomic E-state index is -4.20. The number of hydrogen-bond donors (Lipinski definition) is 2. The number of nitrogens with one attached hydrogen (secondary N) is 2. The third kappa shape index (κ3) is 6.29. The summed E-state index contributed by atoms with van der Waals surface area (Å²) in [4.78, 5) is 12.8. The van der Waals surface area contributed by atoms with Crippen LogP contribution in [0.3, 0.4) is 0 Å². The fourth-order valence-corrected chi connectivity index (χ4v) is 5.36. The third-order valence-electron chi connectivity index (χ3n) is 4.35. The summed E-state index contributed by atoms with van der Waals surface area (Å²) in [5.74, 6) is -0.657. The van der Waals surface area contributed by atoms with Crippen molar-refractivity contribution in [1.82, 2.24) is 4.72 Å². The number of carbonyl (C=O) groups is 1. The SMILES string of the molecule is O=C(Nc1cc(Cl)c(Cl)cc1Cl)[C@H](Cc1ccccc1)NS(=O)(=O)c1cc(Cl)ccc1Cl. The molecule has 0 aliphatic heterocycles. The van der Waals surface area contributed by atoms with E-state index >= 15 is 0 Å². The summed E-state index contributed by atoms with van der Waals surface area (Å²) in [5, 5.41) is 3.28. The quantitative estimate of drug-likeness (QED) is 0.330. The van der Waals surface area contributed by atoms with Gasteiger partial charge in [0.1, 0.15) is 10.9 Å². The summed E-state index contributed by atoms with van der Waals surface area (Å²) in [6.45, 7) is 0. The maximum absolute atomic E-state index is 13.1. The monoisotopic (exact) mass is 550 g/mol. The lowest BCUT2D eigenvalue weighted by Crippen LogP contribution is -2.45. The summed E-state index contributed by atoms with van der Waals surface area (Å²) in [7, 11) is -4.20. The van der Waals surface area contributed by atoms with Crippen molar-refractivity contribution in [1.29, 1.82) is 0 Å². The highest BCUT2D eigenvalue weighted by atomic mass is 35.5. The zero-order chi connectivity index (χ0) is 23.5. The number of sulfonamides is 1. The van der Waals surface area contributed by atoms with Gasteiger partial charge in [-0.2, -0.15) is 4.72 Å². The Morgan fingerprint density at radius 1 is 0.812 bits per heavy atom. The van der Waals surface area contributed by atoms with Crippen LogP contribution in [0.4, 0.5) is 5.69 Å². The Hall–Kier alpha value is -1.51. The van der Waals surface area contributed by atoms with Gasteiger partial charge in [0.2, 0.25) is 15.9 Å². The van der Waals surface area contributed by atoms with Gasteiger partial charge < -0.3 is 5.32 Å². The molecule has 11 heteroatoms. The van der Waals surface area contributed by atoms with Gasteiger partial charge in [0.25, 0.3) is 0 Å². The van der Waals surface area contributed by atoms with E-state index in [1.807, 2.05) is 6.07 Å². The molecule has 3 rings (SSSR count). The van der Waals surface area contributed by atoms with E-state index in [0.717, 1.165) is 5.56 Å². The molecule has 0 fully saturated rings. The average molecular weight is 553 g/mol. The molecule has 0 aliphatic carbocycles. The fourth-order valence-electron chi connectivity index (χ4n) is 2.81. The van der Waals surface area contributed by atoms with Crippen LogP contribution in [0.1, 0.15) is 5.56 Å². The van der Waals surface area contributed by atoms with Crippen LogP contribution in [0, 0.1) is 0 Å². The molecular formula is C21H15Cl5N2O3S. The topological polar surface area (TPSA) is 75.3 Å². The normalized spacial score (nSPS) is 12.4. The van der Waals surface area contributed by atoms with E-state index in [2.05, 4.69) is 10.0 Å². The molecule has 0 spiro atoms. The van der Waals surface area contributed by atoms with Gasteiger partial charge >= 0.3 is 0 Å². The van der Waals surface area contributed by atoms with E-state index in [-0.39, 0.29) is 42.1 Å². The number of amides is 1. The molecule has 2 N–H and O–H groups in total. The average Bonchev–Trinajstić information content (AvgIpc) is 2.73. The molecule has 3 aromatic rings. The molecule has 32 heavy (non-hydrogen) atoms. The lowest BCUT2D eigenvalue weighted by atomic mass is 10.1. The number of halogens is 5. The van der Waals surface area contributed by atoms with Crippen LogP contribution in [-0.2, 0) is 21.2 Å². The van der Waals surface area contributed by atoms with Crippen molar-refractivity contribution in [2.45, 2.75) is 17.4 Å². The summed E-state index contributed by atoms with van der Waals surface area (Å²) >= 11 is 30.1. The van der Waals surface area contributed by atoms with E-state index in [1.54, 1.807) is 24.3 Å². The van der Waals surface area contributed by atoms with E-state index in [4.69, 9.17) is 58.0 Å². The Bertz CT molecular complexity index is 1250. The largest absolute Gasteiger partial charge is 0.323 e. The Morgan fingerprint density at radius 3 is 2.16 bits per heavy atom. The van der Waals surface area contributed by atoms with Crippen LogP contribution in [-0.4, -0.2) is 20.4 Å². The first-order valence-electron chi connectivity index (χ1n) is 9.03. The second kappa shape index (κ2) is 10.6. The molecule has 1 atom stereocenters. The van der Waals surface area contributed by atoms with Crippen molar-refractivity contribution in [2.24, 2.45) is 0 Å². The molecule has 3 aromatic carbocycles. The lowest BCUT2D eigenvalue weighted by Gasteiger charge is -2.20. The van der Waals surface area contributed by atoms with Gasteiger partial charge in [-0.25, -0.2) is 8.42 Å². The molecule has 0 saturated carbocycles. The molecule has 0 aliphatic rings. The third-order valence-corrected chi connectivity index (χ3v) is 7.57. The van der Waals surface area contributed by atoms with Crippen LogP contribution in [0.2, 0.25) is 25.1 Å². The van der Waals surface area contributed by atoms with E-state index in [1.165, 1.54) is 30.3 Å². The van der Waals surface area contributed by atoms with Gasteiger partial charge in [0.15, 0.2) is 0 Å². The molecule has 168 valence electrons. The zero-order valence-electron chi connectivity index (χ0n) is 16.1.